The fraction of sp³-hybridized carbons (Fsp3) is 0.481. The molecule has 10 heteroatoms. The van der Waals surface area contributed by atoms with Crippen LogP contribution in [0.5, 0.6) is 5.75 Å². The summed E-state index contributed by atoms with van der Waals surface area (Å²) in [6.07, 6.45) is 0. The topological polar surface area (TPSA) is 99.3 Å². The lowest BCUT2D eigenvalue weighted by Crippen LogP contribution is -2.52. The number of nitrogens with zero attached hydrogens (tertiary/aromatic N) is 3. The Morgan fingerprint density at radius 2 is 1.70 bits per heavy atom. The number of hydrogen-bond acceptors (Lipinski definition) is 5. The maximum atomic E-state index is 13.8. The minimum Gasteiger partial charge on any atom is -0.497 e. The molecule has 0 spiro atoms. The number of nitrogens with one attached hydrogen (secondary N) is 1. The highest BCUT2D eigenvalue weighted by molar-refractivity contribution is 7.90. The average Bonchev–Trinajstić information content (AvgIpc) is 2.85. The number of carbonyl (C=O) groups is 2. The van der Waals surface area contributed by atoms with Gasteiger partial charge in [0.2, 0.25) is 11.8 Å². The third-order valence-electron chi connectivity index (χ3n) is 5.99. The second-order valence-corrected chi connectivity index (χ2v) is 11.8. The number of aryl methyl sites for hydroxylation is 2. The second-order valence-electron chi connectivity index (χ2n) is 9.77. The van der Waals surface area contributed by atoms with E-state index < -0.39 is 28.7 Å². The maximum Gasteiger partial charge on any atom is 0.304 e. The van der Waals surface area contributed by atoms with Crippen LogP contribution in [0, 0.1) is 19.8 Å². The predicted octanol–water partition coefficient (Wildman–Crippen LogP) is 3.11. The smallest absolute Gasteiger partial charge is 0.304 e. The molecule has 0 saturated heterocycles. The molecular weight excluding hydrogens is 492 g/mol. The molecule has 0 aliphatic heterocycles. The van der Waals surface area contributed by atoms with Gasteiger partial charge in [-0.2, -0.15) is 12.7 Å². The van der Waals surface area contributed by atoms with Crippen molar-refractivity contribution in [2.45, 2.75) is 47.2 Å². The lowest BCUT2D eigenvalue weighted by molar-refractivity contribution is -0.139. The zero-order valence-corrected chi connectivity index (χ0v) is 23.9. The van der Waals surface area contributed by atoms with Crippen LogP contribution in [0.3, 0.4) is 0 Å². The summed E-state index contributed by atoms with van der Waals surface area (Å²) in [7, 11) is 0.391. The van der Waals surface area contributed by atoms with Crippen molar-refractivity contribution < 1.29 is 22.7 Å². The van der Waals surface area contributed by atoms with Gasteiger partial charge in [-0.05, 0) is 61.6 Å². The monoisotopic (exact) mass is 532 g/mol. The van der Waals surface area contributed by atoms with Crippen molar-refractivity contribution in [2.24, 2.45) is 5.92 Å². The minimum absolute atomic E-state index is 0.106. The Hall–Kier alpha value is -3.11. The predicted molar refractivity (Wildman–Crippen MR) is 147 cm³/mol. The fourth-order valence-corrected chi connectivity index (χ4v) is 4.81. The van der Waals surface area contributed by atoms with Crippen molar-refractivity contribution in [1.82, 2.24) is 14.5 Å². The third-order valence-corrected chi connectivity index (χ3v) is 7.80. The Bertz CT molecular complexity index is 1200. The zero-order valence-electron chi connectivity index (χ0n) is 23.1. The lowest BCUT2D eigenvalue weighted by Gasteiger charge is -2.33. The summed E-state index contributed by atoms with van der Waals surface area (Å²) in [6.45, 7) is 9.39. The third kappa shape index (κ3) is 7.93. The number of methoxy groups -OCH3 is 1. The van der Waals surface area contributed by atoms with Crippen molar-refractivity contribution in [3.8, 4) is 5.75 Å². The van der Waals surface area contributed by atoms with E-state index in [2.05, 4.69) is 5.32 Å². The van der Waals surface area contributed by atoms with Crippen LogP contribution in [0.2, 0.25) is 0 Å². The van der Waals surface area contributed by atoms with Crippen molar-refractivity contribution >= 4 is 27.7 Å². The van der Waals surface area contributed by atoms with E-state index in [9.17, 15) is 18.0 Å². The van der Waals surface area contributed by atoms with E-state index in [-0.39, 0.29) is 18.4 Å². The van der Waals surface area contributed by atoms with E-state index in [0.29, 0.717) is 23.5 Å². The first-order valence-corrected chi connectivity index (χ1v) is 13.6. The molecule has 2 aromatic carbocycles. The van der Waals surface area contributed by atoms with Crippen LogP contribution in [-0.4, -0.2) is 69.8 Å². The molecule has 0 heterocycles. The van der Waals surface area contributed by atoms with E-state index in [1.807, 2.05) is 39.0 Å². The molecule has 2 amide bonds. The highest BCUT2D eigenvalue weighted by Crippen LogP contribution is 2.26. The van der Waals surface area contributed by atoms with Gasteiger partial charge in [-0.15, -0.1) is 0 Å². The number of benzene rings is 2. The van der Waals surface area contributed by atoms with E-state index in [0.717, 1.165) is 19.7 Å². The van der Waals surface area contributed by atoms with Crippen LogP contribution in [0.25, 0.3) is 0 Å². The van der Waals surface area contributed by atoms with Gasteiger partial charge < -0.3 is 15.0 Å². The van der Waals surface area contributed by atoms with E-state index in [4.69, 9.17) is 4.74 Å². The summed E-state index contributed by atoms with van der Waals surface area (Å²) in [4.78, 5) is 28.2. The van der Waals surface area contributed by atoms with Gasteiger partial charge in [0.05, 0.1) is 12.8 Å². The zero-order chi connectivity index (χ0) is 27.9. The van der Waals surface area contributed by atoms with E-state index in [1.54, 1.807) is 45.2 Å². The Morgan fingerprint density at radius 1 is 1.03 bits per heavy atom. The first-order chi connectivity index (χ1) is 17.3. The van der Waals surface area contributed by atoms with Gasteiger partial charge in [-0.25, -0.2) is 4.31 Å². The van der Waals surface area contributed by atoms with Gasteiger partial charge in [0, 0.05) is 27.2 Å². The number of anilines is 1. The summed E-state index contributed by atoms with van der Waals surface area (Å²) < 4.78 is 34.2. The molecule has 0 bridgehead atoms. The van der Waals surface area contributed by atoms with Crippen LogP contribution in [-0.2, 0) is 26.3 Å². The van der Waals surface area contributed by atoms with Crippen LogP contribution in [0.15, 0.2) is 42.5 Å². The van der Waals surface area contributed by atoms with Crippen LogP contribution < -0.4 is 14.4 Å². The molecule has 1 atom stereocenters. The minimum atomic E-state index is -4.01. The van der Waals surface area contributed by atoms with Crippen molar-refractivity contribution in [1.29, 1.82) is 0 Å². The molecule has 0 fully saturated rings. The van der Waals surface area contributed by atoms with Crippen LogP contribution >= 0.6 is 0 Å². The standard InChI is InChI=1S/C27H40N4O5S/c1-19(2)16-28-27(33)22(5)30(17-23-10-9-11-24(15-23)36-8)26(32)18-31(37(34,35)29(6)7)25-14-20(3)12-13-21(25)4/h9-15,19,22H,16-18H2,1-8H3,(H,28,33)/t22-/m0/s1. The summed E-state index contributed by atoms with van der Waals surface area (Å²) >= 11 is 0. The van der Waals surface area contributed by atoms with Gasteiger partial charge in [0.15, 0.2) is 0 Å². The Balaban J connectivity index is 2.50. The first-order valence-electron chi connectivity index (χ1n) is 12.3. The highest BCUT2D eigenvalue weighted by atomic mass is 32.2. The molecule has 0 radical (unpaired) electrons. The van der Waals surface area contributed by atoms with Gasteiger partial charge in [0.25, 0.3) is 0 Å². The first kappa shape index (κ1) is 30.1. The van der Waals surface area contributed by atoms with E-state index >= 15 is 0 Å². The molecule has 0 aliphatic carbocycles. The largest absolute Gasteiger partial charge is 0.497 e. The lowest BCUT2D eigenvalue weighted by atomic mass is 10.1. The molecule has 1 N–H and O–H groups in total. The molecule has 2 rings (SSSR count). The van der Waals surface area contributed by atoms with Crippen molar-refractivity contribution in [3.05, 3.63) is 59.2 Å². The molecule has 37 heavy (non-hydrogen) atoms. The molecular formula is C27H40N4O5S. The Morgan fingerprint density at radius 3 is 2.30 bits per heavy atom. The van der Waals surface area contributed by atoms with Gasteiger partial charge in [0.1, 0.15) is 18.3 Å². The Labute approximate surface area is 221 Å². The SMILES string of the molecule is COc1cccc(CN(C(=O)CN(c2cc(C)ccc2C)S(=O)(=O)N(C)C)[C@@H](C)C(=O)NCC(C)C)c1. The second kappa shape index (κ2) is 12.9. The molecule has 0 saturated carbocycles. The molecule has 2 aromatic rings. The molecule has 204 valence electrons. The number of carbonyl (C=O) groups excluding carboxylic acids is 2. The van der Waals surface area contributed by atoms with Crippen LogP contribution in [0.4, 0.5) is 5.69 Å². The average molecular weight is 533 g/mol. The van der Waals surface area contributed by atoms with Crippen molar-refractivity contribution in [2.75, 3.05) is 38.6 Å². The fourth-order valence-electron chi connectivity index (χ4n) is 3.69. The molecule has 0 aromatic heterocycles. The normalized spacial score (nSPS) is 12.4. The van der Waals surface area contributed by atoms with E-state index in [1.165, 1.54) is 19.0 Å². The maximum absolute atomic E-state index is 13.8. The van der Waals surface area contributed by atoms with Gasteiger partial charge >= 0.3 is 10.2 Å². The summed E-state index contributed by atoms with van der Waals surface area (Å²) in [5, 5.41) is 2.88. The number of hydrogen-bond donors (Lipinski definition) is 1. The summed E-state index contributed by atoms with van der Waals surface area (Å²) in [5.74, 6) is 0.0535. The molecule has 0 aliphatic rings. The quantitative estimate of drug-likeness (QED) is 0.453. The van der Waals surface area contributed by atoms with Crippen molar-refractivity contribution in [3.63, 3.8) is 0 Å². The number of rotatable bonds is 12. The molecule has 0 unspecified atom stereocenters. The number of amides is 2. The highest BCUT2D eigenvalue weighted by Gasteiger charge is 2.33. The summed E-state index contributed by atoms with van der Waals surface area (Å²) in [6, 6.07) is 11.8. The van der Waals surface area contributed by atoms with Crippen LogP contribution in [0.1, 0.15) is 37.5 Å². The Kier molecular flexibility index (Phi) is 10.5. The number of ether oxygens (including phenoxy) is 1. The molecule has 9 nitrogen and oxygen atoms in total. The summed E-state index contributed by atoms with van der Waals surface area (Å²) in [5.41, 5.74) is 2.75. The van der Waals surface area contributed by atoms with Gasteiger partial charge in [-0.1, -0.05) is 38.1 Å². The van der Waals surface area contributed by atoms with Gasteiger partial charge in [-0.3, -0.25) is 9.59 Å².